The topological polar surface area (TPSA) is 62.7 Å². The van der Waals surface area contributed by atoms with Crippen molar-refractivity contribution in [2.45, 2.75) is 40.2 Å². The van der Waals surface area contributed by atoms with Crippen LogP contribution >= 0.6 is 0 Å². The largest absolute Gasteiger partial charge is 0.493 e. The highest BCUT2D eigenvalue weighted by molar-refractivity contribution is 5.86. The molecule has 1 aromatic carbocycles. The van der Waals surface area contributed by atoms with Gasteiger partial charge in [-0.15, -0.1) is 0 Å². The third kappa shape index (κ3) is 5.07. The summed E-state index contributed by atoms with van der Waals surface area (Å²) in [5.41, 5.74) is 2.83. The van der Waals surface area contributed by atoms with Crippen LogP contribution in [-0.2, 0) is 11.3 Å². The number of fused-ring (bicyclic) bond motifs is 1. The van der Waals surface area contributed by atoms with Crippen molar-refractivity contribution < 1.29 is 18.9 Å². The van der Waals surface area contributed by atoms with Gasteiger partial charge in [0.1, 0.15) is 18.1 Å². The predicted octanol–water partition coefficient (Wildman–Crippen LogP) is 5.11. The Labute approximate surface area is 183 Å². The normalized spacial score (nSPS) is 14.8. The number of pyridine rings is 2. The number of ether oxygens (including phenoxy) is 4. The van der Waals surface area contributed by atoms with Gasteiger partial charge in [0.15, 0.2) is 0 Å². The lowest BCUT2D eigenvalue weighted by Crippen LogP contribution is -2.44. The predicted molar refractivity (Wildman–Crippen MR) is 120 cm³/mol. The summed E-state index contributed by atoms with van der Waals surface area (Å²) >= 11 is 0. The number of hydrogen-bond donors (Lipinski definition) is 0. The Kier molecular flexibility index (Phi) is 6.56. The van der Waals surface area contributed by atoms with E-state index in [9.17, 15) is 0 Å². The average Bonchev–Trinajstić information content (AvgIpc) is 2.77. The number of para-hydroxylation sites is 1. The summed E-state index contributed by atoms with van der Waals surface area (Å²) in [7, 11) is 0. The van der Waals surface area contributed by atoms with Crippen LogP contribution in [0.5, 0.6) is 17.4 Å². The third-order valence-corrected chi connectivity index (χ3v) is 5.47. The Morgan fingerprint density at radius 2 is 1.94 bits per heavy atom. The first-order valence-corrected chi connectivity index (χ1v) is 10.9. The van der Waals surface area contributed by atoms with E-state index in [0.29, 0.717) is 25.7 Å². The van der Waals surface area contributed by atoms with Crippen LogP contribution in [0.3, 0.4) is 0 Å². The van der Waals surface area contributed by atoms with Gasteiger partial charge in [-0.1, -0.05) is 32.4 Å². The van der Waals surface area contributed by atoms with Crippen molar-refractivity contribution in [2.24, 2.45) is 5.41 Å². The molecule has 6 nitrogen and oxygen atoms in total. The fourth-order valence-corrected chi connectivity index (χ4v) is 3.46. The van der Waals surface area contributed by atoms with Gasteiger partial charge < -0.3 is 18.9 Å². The molecule has 0 aliphatic carbocycles. The number of hydrogen-bond acceptors (Lipinski definition) is 6. The van der Waals surface area contributed by atoms with Gasteiger partial charge in [-0.25, -0.2) is 9.97 Å². The number of unbranched alkanes of at least 4 members (excludes halogenated alkanes) is 1. The van der Waals surface area contributed by atoms with E-state index >= 15 is 0 Å². The summed E-state index contributed by atoms with van der Waals surface area (Å²) in [6.45, 7) is 9.43. The lowest BCUT2D eigenvalue weighted by Gasteiger charge is -2.37. The molecule has 0 saturated carbocycles. The van der Waals surface area contributed by atoms with Crippen LogP contribution in [0.4, 0.5) is 0 Å². The monoisotopic (exact) mass is 422 g/mol. The fourth-order valence-electron chi connectivity index (χ4n) is 3.46. The van der Waals surface area contributed by atoms with Gasteiger partial charge in [-0.05, 0) is 31.5 Å². The summed E-state index contributed by atoms with van der Waals surface area (Å²) < 4.78 is 23.3. The van der Waals surface area contributed by atoms with Crippen molar-refractivity contribution in [3.63, 3.8) is 0 Å². The Hall–Kier alpha value is -2.86. The van der Waals surface area contributed by atoms with Crippen molar-refractivity contribution >= 4 is 10.9 Å². The van der Waals surface area contributed by atoms with Crippen molar-refractivity contribution in [1.29, 1.82) is 0 Å². The van der Waals surface area contributed by atoms with Crippen LogP contribution in [-0.4, -0.2) is 36.4 Å². The lowest BCUT2D eigenvalue weighted by molar-refractivity contribution is -0.120. The van der Waals surface area contributed by atoms with E-state index in [1.165, 1.54) is 0 Å². The van der Waals surface area contributed by atoms with E-state index in [0.717, 1.165) is 59.7 Å². The maximum atomic E-state index is 6.14. The van der Waals surface area contributed by atoms with E-state index in [1.54, 1.807) is 6.20 Å². The standard InChI is InChI=1S/C25H30N2O4/c1-4-5-12-29-24-18(2)22(27-21-9-7-6-8-20(21)24)14-30-23-13-19(10-11-26-23)31-17-25(3)15-28-16-25/h6-11,13H,4-5,12,14-17H2,1-3H3. The fraction of sp³-hybridized carbons (Fsp3) is 0.440. The van der Waals surface area contributed by atoms with Gasteiger partial charge in [0, 0.05) is 28.6 Å². The quantitative estimate of drug-likeness (QED) is 0.423. The number of aromatic nitrogens is 2. The zero-order chi connectivity index (χ0) is 21.7. The average molecular weight is 423 g/mol. The molecule has 0 atom stereocenters. The molecule has 3 aromatic rings. The molecule has 1 aliphatic heterocycles. The first kappa shape index (κ1) is 21.4. The highest BCUT2D eigenvalue weighted by atomic mass is 16.5. The molecule has 1 saturated heterocycles. The molecule has 1 aliphatic rings. The molecular weight excluding hydrogens is 392 g/mol. The van der Waals surface area contributed by atoms with Gasteiger partial charge in [0.05, 0.1) is 37.6 Å². The SMILES string of the molecule is CCCCOc1c(C)c(COc2cc(OCC3(C)COC3)ccn2)nc2ccccc12. The van der Waals surface area contributed by atoms with E-state index in [-0.39, 0.29) is 5.41 Å². The smallest absolute Gasteiger partial charge is 0.217 e. The number of rotatable bonds is 10. The van der Waals surface area contributed by atoms with Gasteiger partial charge in [0.25, 0.3) is 0 Å². The summed E-state index contributed by atoms with van der Waals surface area (Å²) in [6, 6.07) is 11.7. The highest BCUT2D eigenvalue weighted by Gasteiger charge is 2.34. The Balaban J connectivity index is 1.48. The van der Waals surface area contributed by atoms with E-state index in [2.05, 4.69) is 24.9 Å². The van der Waals surface area contributed by atoms with Crippen LogP contribution < -0.4 is 14.2 Å². The molecule has 0 radical (unpaired) electrons. The van der Waals surface area contributed by atoms with Crippen molar-refractivity contribution in [3.8, 4) is 17.4 Å². The van der Waals surface area contributed by atoms with Crippen LogP contribution in [0.1, 0.15) is 37.9 Å². The second-order valence-corrected chi connectivity index (χ2v) is 8.44. The first-order chi connectivity index (χ1) is 15.1. The van der Waals surface area contributed by atoms with E-state index in [4.69, 9.17) is 23.9 Å². The summed E-state index contributed by atoms with van der Waals surface area (Å²) in [5, 5.41) is 1.03. The van der Waals surface area contributed by atoms with Crippen molar-refractivity contribution in [1.82, 2.24) is 9.97 Å². The maximum absolute atomic E-state index is 6.14. The Morgan fingerprint density at radius 3 is 2.71 bits per heavy atom. The lowest BCUT2D eigenvalue weighted by atomic mass is 9.90. The molecule has 0 N–H and O–H groups in total. The zero-order valence-corrected chi connectivity index (χ0v) is 18.5. The Morgan fingerprint density at radius 1 is 1.10 bits per heavy atom. The van der Waals surface area contributed by atoms with Gasteiger partial charge in [0.2, 0.25) is 5.88 Å². The molecule has 31 heavy (non-hydrogen) atoms. The van der Waals surface area contributed by atoms with Crippen molar-refractivity contribution in [3.05, 3.63) is 53.9 Å². The van der Waals surface area contributed by atoms with Gasteiger partial charge in [-0.3, -0.25) is 0 Å². The summed E-state index contributed by atoms with van der Waals surface area (Å²) in [6.07, 6.45) is 3.81. The minimum absolute atomic E-state index is 0.0879. The second kappa shape index (κ2) is 9.52. The molecule has 6 heteroatoms. The highest BCUT2D eigenvalue weighted by Crippen LogP contribution is 2.32. The van der Waals surface area contributed by atoms with Crippen LogP contribution in [0.25, 0.3) is 10.9 Å². The van der Waals surface area contributed by atoms with Gasteiger partial charge in [-0.2, -0.15) is 0 Å². The van der Waals surface area contributed by atoms with E-state index in [1.807, 2.05) is 37.3 Å². The third-order valence-electron chi connectivity index (χ3n) is 5.47. The number of benzene rings is 1. The minimum atomic E-state index is 0.0879. The molecule has 3 heterocycles. The van der Waals surface area contributed by atoms with Crippen molar-refractivity contribution in [2.75, 3.05) is 26.4 Å². The minimum Gasteiger partial charge on any atom is -0.493 e. The van der Waals surface area contributed by atoms with Crippen LogP contribution in [0, 0.1) is 12.3 Å². The Bertz CT molecular complexity index is 1030. The molecule has 0 spiro atoms. The molecule has 2 aromatic heterocycles. The second-order valence-electron chi connectivity index (χ2n) is 8.44. The first-order valence-electron chi connectivity index (χ1n) is 10.9. The molecule has 0 amide bonds. The molecule has 1 fully saturated rings. The zero-order valence-electron chi connectivity index (χ0n) is 18.5. The maximum Gasteiger partial charge on any atom is 0.217 e. The van der Waals surface area contributed by atoms with Gasteiger partial charge >= 0.3 is 0 Å². The molecular formula is C25H30N2O4. The molecule has 4 rings (SSSR count). The number of nitrogens with zero attached hydrogens (tertiary/aromatic N) is 2. The summed E-state index contributed by atoms with van der Waals surface area (Å²) in [4.78, 5) is 9.13. The molecule has 164 valence electrons. The van der Waals surface area contributed by atoms with E-state index < -0.39 is 0 Å². The summed E-state index contributed by atoms with van der Waals surface area (Å²) in [5.74, 6) is 2.14. The molecule has 0 unspecified atom stereocenters. The van der Waals surface area contributed by atoms with Crippen LogP contribution in [0.15, 0.2) is 42.6 Å². The van der Waals surface area contributed by atoms with Crippen LogP contribution in [0.2, 0.25) is 0 Å². The molecule has 0 bridgehead atoms.